The molecule has 0 saturated heterocycles. The predicted molar refractivity (Wildman–Crippen MR) is 94.2 cm³/mol. The van der Waals surface area contributed by atoms with Crippen molar-refractivity contribution in [3.05, 3.63) is 0 Å². The van der Waals surface area contributed by atoms with Crippen LogP contribution >= 0.6 is 0 Å². The summed E-state index contributed by atoms with van der Waals surface area (Å²) in [4.78, 5) is 0. The molecule has 20 heavy (non-hydrogen) atoms. The van der Waals surface area contributed by atoms with Crippen molar-refractivity contribution >= 4 is 0 Å². The van der Waals surface area contributed by atoms with Gasteiger partial charge in [-0.25, -0.2) is 0 Å². The maximum Gasteiger partial charge on any atom is -0.0337 e. The fourth-order valence-corrected chi connectivity index (χ4v) is 3.55. The minimum Gasteiger partial charge on any atom is -0.0654 e. The zero-order valence-corrected chi connectivity index (χ0v) is 15.6. The molecular weight excluding hydrogens is 240 g/mol. The van der Waals surface area contributed by atoms with E-state index >= 15 is 0 Å². The quantitative estimate of drug-likeness (QED) is 0.345. The van der Waals surface area contributed by atoms with Crippen molar-refractivity contribution in [3.8, 4) is 0 Å². The number of rotatable bonds is 11. The molecule has 0 aromatic rings. The lowest BCUT2D eigenvalue weighted by Gasteiger charge is -2.38. The Kier molecular flexibility index (Phi) is 10.7. The molecule has 0 heterocycles. The van der Waals surface area contributed by atoms with Crippen molar-refractivity contribution < 1.29 is 0 Å². The van der Waals surface area contributed by atoms with E-state index in [2.05, 4.69) is 48.5 Å². The summed E-state index contributed by atoms with van der Waals surface area (Å²) in [6.07, 6.45) is 12.7. The first-order chi connectivity index (χ1) is 9.32. The second-order valence-electron chi connectivity index (χ2n) is 8.34. The molecule has 0 aromatic carbocycles. The van der Waals surface area contributed by atoms with Gasteiger partial charge in [0.15, 0.2) is 0 Å². The average molecular weight is 283 g/mol. The largest absolute Gasteiger partial charge is 0.0654 e. The van der Waals surface area contributed by atoms with Crippen molar-refractivity contribution in [2.75, 3.05) is 0 Å². The van der Waals surface area contributed by atoms with Gasteiger partial charge in [-0.3, -0.25) is 0 Å². The lowest BCUT2D eigenvalue weighted by molar-refractivity contribution is 0.121. The van der Waals surface area contributed by atoms with Gasteiger partial charge in [0.05, 0.1) is 0 Å². The Balaban J connectivity index is 4.68. The van der Waals surface area contributed by atoms with E-state index in [0.29, 0.717) is 5.41 Å². The van der Waals surface area contributed by atoms with Crippen LogP contribution in [0.15, 0.2) is 0 Å². The average Bonchev–Trinajstić information content (AvgIpc) is 2.33. The standard InChI is InChI=1S/C20H42/c1-8-10-12-13-18(16-15-17(3)4)19(14-11-9-2)20(5,6)7/h17-19H,8-16H2,1-7H3. The number of hydrogen-bond donors (Lipinski definition) is 0. The van der Waals surface area contributed by atoms with Gasteiger partial charge in [-0.2, -0.15) is 0 Å². The van der Waals surface area contributed by atoms with Gasteiger partial charge in [0.2, 0.25) is 0 Å². The van der Waals surface area contributed by atoms with Crippen LogP contribution < -0.4 is 0 Å². The van der Waals surface area contributed by atoms with Gasteiger partial charge in [0, 0.05) is 0 Å². The highest BCUT2D eigenvalue weighted by Crippen LogP contribution is 2.41. The molecule has 0 aliphatic carbocycles. The summed E-state index contributed by atoms with van der Waals surface area (Å²) >= 11 is 0. The highest BCUT2D eigenvalue weighted by Gasteiger charge is 2.31. The summed E-state index contributed by atoms with van der Waals surface area (Å²) in [5.74, 6) is 2.73. The summed E-state index contributed by atoms with van der Waals surface area (Å²) in [6, 6.07) is 0. The molecular formula is C20H42. The second kappa shape index (κ2) is 10.7. The molecule has 0 N–H and O–H groups in total. The predicted octanol–water partition coefficient (Wildman–Crippen LogP) is 7.47. The van der Waals surface area contributed by atoms with Crippen LogP contribution in [-0.2, 0) is 0 Å². The van der Waals surface area contributed by atoms with E-state index in [1.807, 2.05) is 0 Å². The Labute approximate surface area is 130 Å². The van der Waals surface area contributed by atoms with E-state index in [1.54, 1.807) is 0 Å². The zero-order valence-electron chi connectivity index (χ0n) is 15.6. The minimum absolute atomic E-state index is 0.475. The van der Waals surface area contributed by atoms with Crippen LogP contribution in [-0.4, -0.2) is 0 Å². The Morgan fingerprint density at radius 2 is 1.30 bits per heavy atom. The topological polar surface area (TPSA) is 0 Å². The number of unbranched alkanes of at least 4 members (excludes halogenated alkanes) is 3. The minimum atomic E-state index is 0.475. The molecule has 0 aromatic heterocycles. The Morgan fingerprint density at radius 1 is 0.700 bits per heavy atom. The molecule has 0 aliphatic heterocycles. The maximum atomic E-state index is 2.47. The van der Waals surface area contributed by atoms with E-state index in [0.717, 1.165) is 17.8 Å². The number of hydrogen-bond acceptors (Lipinski definition) is 0. The van der Waals surface area contributed by atoms with E-state index < -0.39 is 0 Å². The van der Waals surface area contributed by atoms with Gasteiger partial charge < -0.3 is 0 Å². The zero-order chi connectivity index (χ0) is 15.6. The van der Waals surface area contributed by atoms with Crippen molar-refractivity contribution in [1.29, 1.82) is 0 Å². The third-order valence-electron chi connectivity index (χ3n) is 4.84. The van der Waals surface area contributed by atoms with Gasteiger partial charge in [-0.1, -0.05) is 93.4 Å². The van der Waals surface area contributed by atoms with Gasteiger partial charge in [0.1, 0.15) is 0 Å². The maximum absolute atomic E-state index is 2.47. The van der Waals surface area contributed by atoms with Crippen molar-refractivity contribution in [1.82, 2.24) is 0 Å². The summed E-state index contributed by atoms with van der Waals surface area (Å²) in [6.45, 7) is 16.8. The van der Waals surface area contributed by atoms with Crippen LogP contribution in [0, 0.1) is 23.2 Å². The lowest BCUT2D eigenvalue weighted by Crippen LogP contribution is -2.29. The van der Waals surface area contributed by atoms with Gasteiger partial charge >= 0.3 is 0 Å². The van der Waals surface area contributed by atoms with E-state index in [1.165, 1.54) is 57.8 Å². The molecule has 0 fully saturated rings. The molecule has 0 aliphatic rings. The van der Waals surface area contributed by atoms with Crippen molar-refractivity contribution in [3.63, 3.8) is 0 Å². The summed E-state index contributed by atoms with van der Waals surface area (Å²) < 4.78 is 0. The Bertz CT molecular complexity index is 209. The molecule has 0 spiro atoms. The molecule has 0 bridgehead atoms. The van der Waals surface area contributed by atoms with E-state index in [9.17, 15) is 0 Å². The Hall–Kier alpha value is 0. The fourth-order valence-electron chi connectivity index (χ4n) is 3.55. The van der Waals surface area contributed by atoms with Crippen molar-refractivity contribution in [2.45, 2.75) is 106 Å². The fraction of sp³-hybridized carbons (Fsp3) is 1.00. The molecule has 0 nitrogen and oxygen atoms in total. The highest BCUT2D eigenvalue weighted by atomic mass is 14.4. The third kappa shape index (κ3) is 9.03. The van der Waals surface area contributed by atoms with Crippen LogP contribution in [0.1, 0.15) is 106 Å². The first-order valence-corrected chi connectivity index (χ1v) is 9.32. The molecule has 0 saturated carbocycles. The van der Waals surface area contributed by atoms with Crippen LogP contribution in [0.5, 0.6) is 0 Å². The molecule has 0 rings (SSSR count). The highest BCUT2D eigenvalue weighted by molar-refractivity contribution is 4.81. The lowest BCUT2D eigenvalue weighted by atomic mass is 9.67. The van der Waals surface area contributed by atoms with Crippen LogP contribution in [0.25, 0.3) is 0 Å². The monoisotopic (exact) mass is 282 g/mol. The molecule has 2 atom stereocenters. The SMILES string of the molecule is CCCCCC(CCC(C)C)C(CCCC)C(C)(C)C. The first-order valence-electron chi connectivity index (χ1n) is 9.32. The van der Waals surface area contributed by atoms with E-state index in [4.69, 9.17) is 0 Å². The van der Waals surface area contributed by atoms with Gasteiger partial charge in [-0.15, -0.1) is 0 Å². The second-order valence-corrected chi connectivity index (χ2v) is 8.34. The summed E-state index contributed by atoms with van der Waals surface area (Å²) in [7, 11) is 0. The molecule has 0 amide bonds. The summed E-state index contributed by atoms with van der Waals surface area (Å²) in [5.41, 5.74) is 0.475. The molecule has 0 heteroatoms. The third-order valence-corrected chi connectivity index (χ3v) is 4.84. The van der Waals surface area contributed by atoms with Crippen LogP contribution in [0.4, 0.5) is 0 Å². The van der Waals surface area contributed by atoms with Gasteiger partial charge in [0.25, 0.3) is 0 Å². The van der Waals surface area contributed by atoms with Crippen LogP contribution in [0.2, 0.25) is 0 Å². The van der Waals surface area contributed by atoms with Gasteiger partial charge in [-0.05, 0) is 36.0 Å². The molecule has 2 unspecified atom stereocenters. The smallest absolute Gasteiger partial charge is 0.0337 e. The first kappa shape index (κ1) is 20.0. The molecule has 122 valence electrons. The Morgan fingerprint density at radius 3 is 1.75 bits per heavy atom. The van der Waals surface area contributed by atoms with Crippen molar-refractivity contribution in [2.24, 2.45) is 23.2 Å². The summed E-state index contributed by atoms with van der Waals surface area (Å²) in [5, 5.41) is 0. The molecule has 0 radical (unpaired) electrons. The van der Waals surface area contributed by atoms with E-state index in [-0.39, 0.29) is 0 Å². The van der Waals surface area contributed by atoms with Crippen LogP contribution in [0.3, 0.4) is 0 Å². The normalized spacial score (nSPS) is 15.6.